The molecule has 1 aromatic rings. The molecule has 1 aliphatic rings. The van der Waals surface area contributed by atoms with E-state index in [-0.39, 0.29) is 6.61 Å². The van der Waals surface area contributed by atoms with Crippen LogP contribution in [0.2, 0.25) is 0 Å². The number of hydrogen-bond donors (Lipinski definition) is 2. The van der Waals surface area contributed by atoms with Crippen LogP contribution in [0.15, 0.2) is 0 Å². The second kappa shape index (κ2) is 2.75. The summed E-state index contributed by atoms with van der Waals surface area (Å²) in [6.07, 6.45) is 1.76. The molecule has 66 valence electrons. The molecule has 1 aliphatic heterocycles. The number of aliphatic hydroxyl groups excluding tert-OH is 1. The van der Waals surface area contributed by atoms with E-state index < -0.39 is 0 Å². The van der Waals surface area contributed by atoms with Crippen LogP contribution in [0.4, 0.5) is 5.95 Å². The van der Waals surface area contributed by atoms with Crippen LogP contribution >= 0.6 is 0 Å². The summed E-state index contributed by atoms with van der Waals surface area (Å²) < 4.78 is 1.82. The first-order valence-electron chi connectivity index (χ1n) is 4.09. The van der Waals surface area contributed by atoms with E-state index in [1.165, 1.54) is 0 Å². The zero-order valence-corrected chi connectivity index (χ0v) is 6.77. The molecular weight excluding hydrogens is 156 g/mol. The van der Waals surface area contributed by atoms with Crippen LogP contribution in [0, 0.1) is 5.92 Å². The summed E-state index contributed by atoms with van der Waals surface area (Å²) in [6, 6.07) is 0. The lowest BCUT2D eigenvalue weighted by Crippen LogP contribution is -2.22. The van der Waals surface area contributed by atoms with Gasteiger partial charge in [-0.3, -0.25) is 0 Å². The number of rotatable bonds is 1. The molecule has 0 bridgehead atoms. The highest BCUT2D eigenvalue weighted by Gasteiger charge is 2.20. The van der Waals surface area contributed by atoms with Crippen LogP contribution in [0.3, 0.4) is 0 Å². The highest BCUT2D eigenvalue weighted by molar-refractivity contribution is 5.14. The number of anilines is 1. The van der Waals surface area contributed by atoms with Gasteiger partial charge in [-0.15, -0.1) is 5.10 Å². The maximum absolute atomic E-state index is 8.93. The molecule has 0 radical (unpaired) electrons. The third kappa shape index (κ3) is 1.16. The van der Waals surface area contributed by atoms with Crippen LogP contribution in [-0.2, 0) is 13.0 Å². The van der Waals surface area contributed by atoms with Gasteiger partial charge in [-0.2, -0.15) is 4.98 Å². The van der Waals surface area contributed by atoms with Gasteiger partial charge in [0.1, 0.15) is 5.82 Å². The number of nitrogens with zero attached hydrogens (tertiary/aromatic N) is 3. The minimum absolute atomic E-state index is 0.229. The van der Waals surface area contributed by atoms with Gasteiger partial charge in [-0.05, 0) is 12.3 Å². The molecule has 0 saturated carbocycles. The van der Waals surface area contributed by atoms with Crippen molar-refractivity contribution in [2.45, 2.75) is 19.4 Å². The Morgan fingerprint density at radius 2 is 2.50 bits per heavy atom. The lowest BCUT2D eigenvalue weighted by molar-refractivity contribution is 0.196. The van der Waals surface area contributed by atoms with Gasteiger partial charge < -0.3 is 10.8 Å². The van der Waals surface area contributed by atoms with Gasteiger partial charge in [0.25, 0.3) is 0 Å². The van der Waals surface area contributed by atoms with E-state index in [2.05, 4.69) is 10.1 Å². The van der Waals surface area contributed by atoms with Gasteiger partial charge >= 0.3 is 0 Å². The van der Waals surface area contributed by atoms with Crippen molar-refractivity contribution in [1.82, 2.24) is 14.8 Å². The number of nitrogen functional groups attached to an aromatic ring is 1. The second-order valence-corrected chi connectivity index (χ2v) is 3.15. The Morgan fingerprint density at radius 3 is 3.25 bits per heavy atom. The molecule has 1 unspecified atom stereocenters. The molecule has 0 amide bonds. The van der Waals surface area contributed by atoms with E-state index in [4.69, 9.17) is 10.8 Å². The van der Waals surface area contributed by atoms with Gasteiger partial charge in [0.15, 0.2) is 0 Å². The highest BCUT2D eigenvalue weighted by Crippen LogP contribution is 2.18. The SMILES string of the molecule is Nc1nc2n(n1)CCC(CO)C2. The first-order valence-corrected chi connectivity index (χ1v) is 4.09. The molecular formula is C7H12N4O. The van der Waals surface area contributed by atoms with Crippen molar-refractivity contribution in [3.63, 3.8) is 0 Å². The molecule has 0 spiro atoms. The second-order valence-electron chi connectivity index (χ2n) is 3.15. The Hall–Kier alpha value is -1.10. The third-order valence-electron chi connectivity index (χ3n) is 2.24. The molecule has 2 rings (SSSR count). The first-order chi connectivity index (χ1) is 5.79. The van der Waals surface area contributed by atoms with Crippen molar-refractivity contribution in [2.75, 3.05) is 12.3 Å². The predicted octanol–water partition coefficient (Wildman–Crippen LogP) is -0.585. The molecule has 0 fully saturated rings. The quantitative estimate of drug-likeness (QED) is 0.588. The Kier molecular flexibility index (Phi) is 1.73. The number of aliphatic hydroxyl groups is 1. The molecule has 1 aromatic heterocycles. The minimum Gasteiger partial charge on any atom is -0.396 e. The molecule has 1 atom stereocenters. The number of aromatic nitrogens is 3. The number of fused-ring (bicyclic) bond motifs is 1. The molecule has 5 heteroatoms. The monoisotopic (exact) mass is 168 g/mol. The predicted molar refractivity (Wildman–Crippen MR) is 43.3 cm³/mol. The summed E-state index contributed by atoms with van der Waals surface area (Å²) >= 11 is 0. The third-order valence-corrected chi connectivity index (χ3v) is 2.24. The summed E-state index contributed by atoms with van der Waals surface area (Å²) in [5, 5.41) is 13.0. The van der Waals surface area contributed by atoms with Crippen LogP contribution < -0.4 is 5.73 Å². The Morgan fingerprint density at radius 1 is 1.67 bits per heavy atom. The number of hydrogen-bond acceptors (Lipinski definition) is 4. The van der Waals surface area contributed by atoms with Crippen molar-refractivity contribution in [2.24, 2.45) is 5.92 Å². The molecule has 0 aliphatic carbocycles. The fourth-order valence-corrected chi connectivity index (χ4v) is 1.54. The van der Waals surface area contributed by atoms with Crippen molar-refractivity contribution in [1.29, 1.82) is 0 Å². The van der Waals surface area contributed by atoms with Crippen LogP contribution in [0.5, 0.6) is 0 Å². The van der Waals surface area contributed by atoms with Crippen molar-refractivity contribution < 1.29 is 5.11 Å². The molecule has 2 heterocycles. The topological polar surface area (TPSA) is 77.0 Å². The van der Waals surface area contributed by atoms with Gasteiger partial charge in [-0.1, -0.05) is 0 Å². The molecule has 0 saturated heterocycles. The number of nitrogens with two attached hydrogens (primary N) is 1. The maximum atomic E-state index is 8.93. The normalized spacial score (nSPS) is 22.2. The fourth-order valence-electron chi connectivity index (χ4n) is 1.54. The Balaban J connectivity index is 2.22. The van der Waals surface area contributed by atoms with Crippen LogP contribution in [0.1, 0.15) is 12.2 Å². The fraction of sp³-hybridized carbons (Fsp3) is 0.714. The van der Waals surface area contributed by atoms with E-state index in [0.29, 0.717) is 11.9 Å². The van der Waals surface area contributed by atoms with Crippen molar-refractivity contribution in [3.8, 4) is 0 Å². The molecule has 3 N–H and O–H groups in total. The highest BCUT2D eigenvalue weighted by atomic mass is 16.3. The lowest BCUT2D eigenvalue weighted by Gasteiger charge is -2.19. The summed E-state index contributed by atoms with van der Waals surface area (Å²) in [7, 11) is 0. The maximum Gasteiger partial charge on any atom is 0.239 e. The zero-order chi connectivity index (χ0) is 8.55. The van der Waals surface area contributed by atoms with E-state index in [1.54, 1.807) is 0 Å². The van der Waals surface area contributed by atoms with Crippen molar-refractivity contribution >= 4 is 5.95 Å². The lowest BCUT2D eigenvalue weighted by atomic mass is 9.99. The van der Waals surface area contributed by atoms with E-state index in [9.17, 15) is 0 Å². The summed E-state index contributed by atoms with van der Waals surface area (Å²) in [5.41, 5.74) is 5.44. The van der Waals surface area contributed by atoms with Crippen molar-refractivity contribution in [3.05, 3.63) is 5.82 Å². The number of aryl methyl sites for hydroxylation is 1. The average molecular weight is 168 g/mol. The van der Waals surface area contributed by atoms with Gasteiger partial charge in [0.05, 0.1) is 0 Å². The molecule has 12 heavy (non-hydrogen) atoms. The van der Waals surface area contributed by atoms with E-state index in [0.717, 1.165) is 25.2 Å². The van der Waals surface area contributed by atoms with Gasteiger partial charge in [-0.25, -0.2) is 4.68 Å². The summed E-state index contributed by atoms with van der Waals surface area (Å²) in [5.74, 6) is 1.57. The van der Waals surface area contributed by atoms with Crippen LogP contribution in [-0.4, -0.2) is 26.5 Å². The molecule has 0 aromatic carbocycles. The minimum atomic E-state index is 0.229. The average Bonchev–Trinajstić information content (AvgIpc) is 2.43. The first kappa shape index (κ1) is 7.54. The standard InChI is InChI=1S/C7H12N4O/c8-7-9-6-3-5(4-12)1-2-11(6)10-7/h5,12H,1-4H2,(H2,8,10). The zero-order valence-electron chi connectivity index (χ0n) is 6.77. The van der Waals surface area contributed by atoms with Gasteiger partial charge in [0, 0.05) is 19.6 Å². The summed E-state index contributed by atoms with van der Waals surface area (Å²) in [6.45, 7) is 1.05. The van der Waals surface area contributed by atoms with Gasteiger partial charge in [0.2, 0.25) is 5.95 Å². The summed E-state index contributed by atoms with van der Waals surface area (Å²) in [4.78, 5) is 4.07. The van der Waals surface area contributed by atoms with E-state index in [1.807, 2.05) is 4.68 Å². The smallest absolute Gasteiger partial charge is 0.239 e. The largest absolute Gasteiger partial charge is 0.396 e. The van der Waals surface area contributed by atoms with E-state index >= 15 is 0 Å². The Bertz CT molecular complexity index is 283. The van der Waals surface area contributed by atoms with Crippen LogP contribution in [0.25, 0.3) is 0 Å². The molecule has 5 nitrogen and oxygen atoms in total. The Labute approximate surface area is 70.2 Å².